The summed E-state index contributed by atoms with van der Waals surface area (Å²) in [4.78, 5) is 28.1. The summed E-state index contributed by atoms with van der Waals surface area (Å²) in [5.74, 6) is 0.653. The minimum atomic E-state index is -0.176. The van der Waals surface area contributed by atoms with Crippen LogP contribution in [0.2, 0.25) is 0 Å². The molecule has 0 unspecified atom stereocenters. The van der Waals surface area contributed by atoms with Gasteiger partial charge >= 0.3 is 0 Å². The molecule has 2 amide bonds. The zero-order chi connectivity index (χ0) is 18.2. The molecule has 1 aliphatic carbocycles. The molecule has 1 aromatic carbocycles. The predicted molar refractivity (Wildman–Crippen MR) is 102 cm³/mol. The predicted octanol–water partition coefficient (Wildman–Crippen LogP) is 3.92. The number of hydrogen-bond donors (Lipinski definition) is 2. The number of amides is 2. The highest BCUT2D eigenvalue weighted by atomic mass is 16.2. The van der Waals surface area contributed by atoms with E-state index < -0.39 is 0 Å². The zero-order valence-corrected chi connectivity index (χ0v) is 14.9. The Morgan fingerprint density at radius 1 is 1.08 bits per heavy atom. The second-order valence-corrected chi connectivity index (χ2v) is 6.86. The molecular weight excluding hydrogens is 326 g/mol. The van der Waals surface area contributed by atoms with Crippen LogP contribution in [0.3, 0.4) is 0 Å². The SMILES string of the molecule is O=C(CCC1CCCC1)NCc1cccc(NC(=O)c2ccncc2)c1. The number of pyridine rings is 1. The van der Waals surface area contributed by atoms with Crippen LogP contribution in [0.25, 0.3) is 0 Å². The summed E-state index contributed by atoms with van der Waals surface area (Å²) in [7, 11) is 0. The van der Waals surface area contributed by atoms with Crippen LogP contribution in [0.1, 0.15) is 54.4 Å². The number of hydrogen-bond acceptors (Lipinski definition) is 3. The van der Waals surface area contributed by atoms with Gasteiger partial charge in [-0.15, -0.1) is 0 Å². The first-order valence-corrected chi connectivity index (χ1v) is 9.28. The fourth-order valence-corrected chi connectivity index (χ4v) is 3.39. The van der Waals surface area contributed by atoms with Gasteiger partial charge in [-0.3, -0.25) is 14.6 Å². The summed E-state index contributed by atoms with van der Waals surface area (Å²) >= 11 is 0. The highest BCUT2D eigenvalue weighted by Crippen LogP contribution is 2.28. The molecule has 1 aromatic heterocycles. The minimum Gasteiger partial charge on any atom is -0.352 e. The Hall–Kier alpha value is -2.69. The monoisotopic (exact) mass is 351 g/mol. The average Bonchev–Trinajstić information content (AvgIpc) is 3.19. The maximum Gasteiger partial charge on any atom is 0.255 e. The van der Waals surface area contributed by atoms with Gasteiger partial charge < -0.3 is 10.6 Å². The van der Waals surface area contributed by atoms with Crippen molar-refractivity contribution in [2.24, 2.45) is 5.92 Å². The largest absolute Gasteiger partial charge is 0.352 e. The summed E-state index contributed by atoms with van der Waals surface area (Å²) < 4.78 is 0. The molecule has 1 aliphatic rings. The maximum atomic E-state index is 12.2. The molecule has 2 aromatic rings. The van der Waals surface area contributed by atoms with Gasteiger partial charge in [0, 0.05) is 36.6 Å². The number of aromatic nitrogens is 1. The first-order chi connectivity index (χ1) is 12.7. The molecule has 0 aliphatic heterocycles. The van der Waals surface area contributed by atoms with E-state index in [2.05, 4.69) is 15.6 Å². The molecule has 3 rings (SSSR count). The van der Waals surface area contributed by atoms with Crippen LogP contribution in [-0.2, 0) is 11.3 Å². The lowest BCUT2D eigenvalue weighted by Crippen LogP contribution is -2.23. The van der Waals surface area contributed by atoms with Crippen LogP contribution in [-0.4, -0.2) is 16.8 Å². The van der Waals surface area contributed by atoms with Gasteiger partial charge in [-0.2, -0.15) is 0 Å². The Morgan fingerprint density at radius 2 is 1.85 bits per heavy atom. The number of rotatable bonds is 7. The second-order valence-electron chi connectivity index (χ2n) is 6.86. The minimum absolute atomic E-state index is 0.100. The maximum absolute atomic E-state index is 12.2. The van der Waals surface area contributed by atoms with Crippen molar-refractivity contribution >= 4 is 17.5 Å². The van der Waals surface area contributed by atoms with Gasteiger partial charge in [-0.1, -0.05) is 37.8 Å². The summed E-state index contributed by atoms with van der Waals surface area (Å²) in [6, 6.07) is 10.9. The fraction of sp³-hybridized carbons (Fsp3) is 0.381. The van der Waals surface area contributed by atoms with E-state index in [0.717, 1.165) is 17.9 Å². The Kier molecular flexibility index (Phi) is 6.36. The molecule has 0 bridgehead atoms. The summed E-state index contributed by atoms with van der Waals surface area (Å²) in [6.45, 7) is 0.475. The molecule has 0 saturated heterocycles. The molecule has 1 fully saturated rings. The fourth-order valence-electron chi connectivity index (χ4n) is 3.39. The van der Waals surface area contributed by atoms with E-state index >= 15 is 0 Å². The third-order valence-electron chi connectivity index (χ3n) is 4.87. The van der Waals surface area contributed by atoms with Crippen molar-refractivity contribution in [3.05, 3.63) is 59.9 Å². The summed E-state index contributed by atoms with van der Waals surface area (Å²) in [5.41, 5.74) is 2.24. The lowest BCUT2D eigenvalue weighted by molar-refractivity contribution is -0.121. The van der Waals surface area contributed by atoms with Crippen LogP contribution in [0.15, 0.2) is 48.8 Å². The summed E-state index contributed by atoms with van der Waals surface area (Å²) in [6.07, 6.45) is 9.93. The van der Waals surface area contributed by atoms with E-state index in [0.29, 0.717) is 24.2 Å². The third-order valence-corrected chi connectivity index (χ3v) is 4.87. The first-order valence-electron chi connectivity index (χ1n) is 9.28. The van der Waals surface area contributed by atoms with E-state index in [4.69, 9.17) is 0 Å². The molecule has 1 saturated carbocycles. The molecule has 5 heteroatoms. The van der Waals surface area contributed by atoms with Crippen LogP contribution < -0.4 is 10.6 Å². The second kappa shape index (κ2) is 9.13. The van der Waals surface area contributed by atoms with Crippen molar-refractivity contribution in [1.29, 1.82) is 0 Å². The van der Waals surface area contributed by atoms with Crippen molar-refractivity contribution in [2.45, 2.75) is 45.1 Å². The van der Waals surface area contributed by atoms with Crippen molar-refractivity contribution in [3.8, 4) is 0 Å². The molecular formula is C21H25N3O2. The van der Waals surface area contributed by atoms with Gasteiger partial charge in [0.2, 0.25) is 5.91 Å². The van der Waals surface area contributed by atoms with Gasteiger partial charge in [-0.05, 0) is 42.2 Å². The molecule has 2 N–H and O–H groups in total. The summed E-state index contributed by atoms with van der Waals surface area (Å²) in [5, 5.41) is 5.84. The van der Waals surface area contributed by atoms with Crippen LogP contribution >= 0.6 is 0 Å². The third kappa shape index (κ3) is 5.41. The molecule has 0 spiro atoms. The van der Waals surface area contributed by atoms with E-state index in [1.54, 1.807) is 24.5 Å². The average molecular weight is 351 g/mol. The normalized spacial score (nSPS) is 14.2. The topological polar surface area (TPSA) is 71.1 Å². The van der Waals surface area contributed by atoms with E-state index in [1.165, 1.54) is 25.7 Å². The molecule has 26 heavy (non-hydrogen) atoms. The molecule has 136 valence electrons. The van der Waals surface area contributed by atoms with Crippen molar-refractivity contribution < 1.29 is 9.59 Å². The Bertz CT molecular complexity index is 740. The van der Waals surface area contributed by atoms with E-state index in [9.17, 15) is 9.59 Å². The Labute approximate surface area is 154 Å². The highest BCUT2D eigenvalue weighted by molar-refractivity contribution is 6.04. The standard InChI is InChI=1S/C21H25N3O2/c25-20(9-8-16-4-1-2-5-16)23-15-17-6-3-7-19(14-17)24-21(26)18-10-12-22-13-11-18/h3,6-7,10-14,16H,1-2,4-5,8-9,15H2,(H,23,25)(H,24,26). The number of benzene rings is 1. The highest BCUT2D eigenvalue weighted by Gasteiger charge is 2.16. The first kappa shape index (κ1) is 18.1. The quantitative estimate of drug-likeness (QED) is 0.794. The number of nitrogens with zero attached hydrogens (tertiary/aromatic N) is 1. The lowest BCUT2D eigenvalue weighted by Gasteiger charge is -2.10. The molecule has 0 radical (unpaired) electrons. The van der Waals surface area contributed by atoms with Crippen LogP contribution in [0, 0.1) is 5.92 Å². The van der Waals surface area contributed by atoms with Gasteiger partial charge in [0.1, 0.15) is 0 Å². The van der Waals surface area contributed by atoms with Gasteiger partial charge in [0.25, 0.3) is 5.91 Å². The van der Waals surface area contributed by atoms with Crippen molar-refractivity contribution in [2.75, 3.05) is 5.32 Å². The smallest absolute Gasteiger partial charge is 0.255 e. The van der Waals surface area contributed by atoms with Crippen LogP contribution in [0.4, 0.5) is 5.69 Å². The molecule has 5 nitrogen and oxygen atoms in total. The van der Waals surface area contributed by atoms with Crippen LogP contribution in [0.5, 0.6) is 0 Å². The molecule has 0 atom stereocenters. The van der Waals surface area contributed by atoms with Crippen molar-refractivity contribution in [1.82, 2.24) is 10.3 Å². The van der Waals surface area contributed by atoms with Gasteiger partial charge in [-0.25, -0.2) is 0 Å². The van der Waals surface area contributed by atoms with Gasteiger partial charge in [0.15, 0.2) is 0 Å². The van der Waals surface area contributed by atoms with E-state index in [-0.39, 0.29) is 11.8 Å². The van der Waals surface area contributed by atoms with Crippen molar-refractivity contribution in [3.63, 3.8) is 0 Å². The lowest BCUT2D eigenvalue weighted by atomic mass is 10.0. The Morgan fingerprint density at radius 3 is 2.62 bits per heavy atom. The van der Waals surface area contributed by atoms with Gasteiger partial charge in [0.05, 0.1) is 0 Å². The number of carbonyl (C=O) groups excluding carboxylic acids is 2. The number of anilines is 1. The van der Waals surface area contributed by atoms with E-state index in [1.807, 2.05) is 24.3 Å². The number of nitrogens with one attached hydrogen (secondary N) is 2. The zero-order valence-electron chi connectivity index (χ0n) is 14.9. The number of carbonyl (C=O) groups is 2. The molecule has 1 heterocycles. The Balaban J connectivity index is 1.47.